The molecule has 0 amide bonds. The van der Waals surface area contributed by atoms with Crippen LogP contribution in [0.5, 0.6) is 0 Å². The van der Waals surface area contributed by atoms with Gasteiger partial charge in [0.15, 0.2) is 5.65 Å². The first-order valence-corrected chi connectivity index (χ1v) is 13.2. The summed E-state index contributed by atoms with van der Waals surface area (Å²) in [7, 11) is 4.01. The van der Waals surface area contributed by atoms with E-state index in [1.165, 1.54) is 51.7 Å². The SMILES string of the molecule is CNc1c2sc3c4c(ccc(c24)c2nc4sc(C)cc4n12)c(NC)n1c2cc(C)sc2nc31. The second-order valence-electron chi connectivity index (χ2n) is 8.50. The first kappa shape index (κ1) is 18.3. The molecule has 0 aliphatic rings. The average molecular weight is 487 g/mol. The Morgan fingerprint density at radius 3 is 1.94 bits per heavy atom. The van der Waals surface area contributed by atoms with Gasteiger partial charge in [-0.15, -0.1) is 34.0 Å². The quantitative estimate of drug-likeness (QED) is 0.257. The number of nitrogens with zero attached hydrogens (tertiary/aromatic N) is 4. The van der Waals surface area contributed by atoms with E-state index in [9.17, 15) is 0 Å². The first-order valence-electron chi connectivity index (χ1n) is 10.8. The Balaban J connectivity index is 1.70. The van der Waals surface area contributed by atoms with Gasteiger partial charge in [-0.25, -0.2) is 9.97 Å². The molecule has 8 rings (SSSR count). The molecule has 0 aliphatic carbocycles. The summed E-state index contributed by atoms with van der Waals surface area (Å²) >= 11 is 5.34. The Hall–Kier alpha value is -3.14. The van der Waals surface area contributed by atoms with Gasteiger partial charge in [0, 0.05) is 45.4 Å². The van der Waals surface area contributed by atoms with Gasteiger partial charge in [-0.05, 0) is 38.1 Å². The number of fused-ring (bicyclic) bond motifs is 8. The van der Waals surface area contributed by atoms with Crippen molar-refractivity contribution < 1.29 is 0 Å². The topological polar surface area (TPSA) is 58.7 Å². The fourth-order valence-corrected chi connectivity index (χ4v) is 8.52. The van der Waals surface area contributed by atoms with Crippen molar-refractivity contribution in [3.05, 3.63) is 34.0 Å². The lowest BCUT2D eigenvalue weighted by Crippen LogP contribution is -2.00. The third kappa shape index (κ3) is 2.01. The van der Waals surface area contributed by atoms with E-state index in [0.717, 1.165) is 32.6 Å². The fourth-order valence-electron chi connectivity index (χ4n) is 5.44. The van der Waals surface area contributed by atoms with Gasteiger partial charge in [0.2, 0.25) is 0 Å². The smallest absolute Gasteiger partial charge is 0.158 e. The molecule has 33 heavy (non-hydrogen) atoms. The maximum Gasteiger partial charge on any atom is 0.158 e. The van der Waals surface area contributed by atoms with Crippen molar-refractivity contribution in [2.45, 2.75) is 13.8 Å². The number of hydrogen-bond donors (Lipinski definition) is 2. The zero-order valence-corrected chi connectivity index (χ0v) is 20.8. The number of aryl methyl sites for hydroxylation is 2. The molecular formula is C24H18N6S3. The Labute approximate surface area is 199 Å². The van der Waals surface area contributed by atoms with E-state index < -0.39 is 0 Å². The van der Waals surface area contributed by atoms with Crippen LogP contribution in [0.2, 0.25) is 0 Å². The molecule has 7 aromatic heterocycles. The Morgan fingerprint density at radius 2 is 1.27 bits per heavy atom. The summed E-state index contributed by atoms with van der Waals surface area (Å²) in [6.45, 7) is 4.29. The molecule has 2 N–H and O–H groups in total. The van der Waals surface area contributed by atoms with E-state index in [4.69, 9.17) is 9.97 Å². The van der Waals surface area contributed by atoms with Crippen LogP contribution < -0.4 is 10.6 Å². The van der Waals surface area contributed by atoms with Crippen molar-refractivity contribution in [3.63, 3.8) is 0 Å². The highest BCUT2D eigenvalue weighted by atomic mass is 32.1. The van der Waals surface area contributed by atoms with Gasteiger partial charge in [0.1, 0.15) is 26.9 Å². The zero-order chi connectivity index (χ0) is 22.2. The molecule has 0 saturated heterocycles. The van der Waals surface area contributed by atoms with E-state index in [0.29, 0.717) is 0 Å². The van der Waals surface area contributed by atoms with Crippen molar-refractivity contribution in [2.24, 2.45) is 0 Å². The van der Waals surface area contributed by atoms with Crippen LogP contribution in [-0.4, -0.2) is 32.9 Å². The van der Waals surface area contributed by atoms with Crippen LogP contribution in [0.1, 0.15) is 9.75 Å². The second-order valence-corrected chi connectivity index (χ2v) is 12.0. The van der Waals surface area contributed by atoms with Crippen molar-refractivity contribution in [2.75, 3.05) is 24.7 Å². The minimum Gasteiger partial charge on any atom is -0.374 e. The molecule has 0 aliphatic heterocycles. The molecule has 162 valence electrons. The summed E-state index contributed by atoms with van der Waals surface area (Å²) < 4.78 is 7.08. The lowest BCUT2D eigenvalue weighted by atomic mass is 10.0. The monoisotopic (exact) mass is 486 g/mol. The van der Waals surface area contributed by atoms with Crippen molar-refractivity contribution in [3.8, 4) is 0 Å². The molecule has 0 spiro atoms. The van der Waals surface area contributed by atoms with E-state index in [1.54, 1.807) is 22.7 Å². The molecular weight excluding hydrogens is 469 g/mol. The molecule has 1 aromatic carbocycles. The van der Waals surface area contributed by atoms with E-state index in [-0.39, 0.29) is 0 Å². The summed E-state index contributed by atoms with van der Waals surface area (Å²) in [5.41, 5.74) is 4.38. The van der Waals surface area contributed by atoms with Crippen LogP contribution in [0.4, 0.5) is 11.6 Å². The van der Waals surface area contributed by atoms with Crippen molar-refractivity contribution in [1.82, 2.24) is 18.8 Å². The van der Waals surface area contributed by atoms with E-state index >= 15 is 0 Å². The average Bonchev–Trinajstić information content (AvgIpc) is 3.57. The number of hydrogen-bond acceptors (Lipinski definition) is 7. The summed E-state index contributed by atoms with van der Waals surface area (Å²) in [5, 5.41) is 12.0. The van der Waals surface area contributed by atoms with Crippen LogP contribution in [0.3, 0.4) is 0 Å². The summed E-state index contributed by atoms with van der Waals surface area (Å²) in [6.07, 6.45) is 0. The normalized spacial score (nSPS) is 12.8. The van der Waals surface area contributed by atoms with Crippen LogP contribution >= 0.6 is 34.0 Å². The predicted molar refractivity (Wildman–Crippen MR) is 145 cm³/mol. The molecule has 0 radical (unpaired) electrons. The van der Waals surface area contributed by atoms with E-state index in [1.807, 2.05) is 25.4 Å². The molecule has 0 fully saturated rings. The predicted octanol–water partition coefficient (Wildman–Crippen LogP) is 7.07. The number of aromatic nitrogens is 4. The van der Waals surface area contributed by atoms with Gasteiger partial charge in [0.05, 0.1) is 20.4 Å². The largest absolute Gasteiger partial charge is 0.374 e. The highest BCUT2D eigenvalue weighted by molar-refractivity contribution is 7.27. The molecule has 0 bridgehead atoms. The standard InChI is InChI=1S/C24H18N6S3/c1-9-7-13-24(32-9)28-22-18-15-11(19(25-3)29(13)22)5-6-12-16(15)17(33-18)21(26-4)30-14-8-10(2)31-23(14)27-20(12)30/h5-8,25-26H,1-4H3. The maximum absolute atomic E-state index is 5.12. The summed E-state index contributed by atoms with van der Waals surface area (Å²) in [4.78, 5) is 14.9. The first-order chi connectivity index (χ1) is 16.1. The minimum atomic E-state index is 1.01. The number of rotatable bonds is 2. The van der Waals surface area contributed by atoms with Gasteiger partial charge in [-0.2, -0.15) is 0 Å². The third-order valence-corrected chi connectivity index (χ3v) is 9.71. The van der Waals surface area contributed by atoms with Crippen LogP contribution in [0, 0.1) is 13.8 Å². The van der Waals surface area contributed by atoms with Crippen LogP contribution in [0.15, 0.2) is 24.3 Å². The molecule has 7 heterocycles. The molecule has 9 heteroatoms. The fraction of sp³-hybridized carbons (Fsp3) is 0.167. The Bertz CT molecular complexity index is 2080. The number of imidazole rings is 2. The van der Waals surface area contributed by atoms with Crippen molar-refractivity contribution >= 4 is 109 Å². The van der Waals surface area contributed by atoms with Gasteiger partial charge >= 0.3 is 0 Å². The summed E-state index contributed by atoms with van der Waals surface area (Å²) in [6, 6.07) is 8.98. The molecule has 6 nitrogen and oxygen atoms in total. The number of pyridine rings is 2. The third-order valence-electron chi connectivity index (χ3n) is 6.65. The minimum absolute atomic E-state index is 1.01. The highest BCUT2D eigenvalue weighted by Gasteiger charge is 2.26. The van der Waals surface area contributed by atoms with Crippen LogP contribution in [0.25, 0.3) is 62.9 Å². The van der Waals surface area contributed by atoms with Gasteiger partial charge < -0.3 is 10.6 Å². The summed E-state index contributed by atoms with van der Waals surface area (Å²) in [5.74, 6) is 2.19. The lowest BCUT2D eigenvalue weighted by molar-refractivity contribution is 1.23. The number of nitrogens with one attached hydrogen (secondary N) is 2. The Morgan fingerprint density at radius 1 is 0.697 bits per heavy atom. The van der Waals surface area contributed by atoms with Gasteiger partial charge in [-0.1, -0.05) is 0 Å². The molecule has 0 saturated carbocycles. The number of anilines is 2. The van der Waals surface area contributed by atoms with Crippen LogP contribution in [-0.2, 0) is 0 Å². The highest BCUT2D eigenvalue weighted by Crippen LogP contribution is 2.50. The molecule has 0 unspecified atom stereocenters. The maximum atomic E-state index is 5.12. The van der Waals surface area contributed by atoms with Gasteiger partial charge in [0.25, 0.3) is 0 Å². The van der Waals surface area contributed by atoms with Gasteiger partial charge in [-0.3, -0.25) is 8.80 Å². The van der Waals surface area contributed by atoms with Crippen molar-refractivity contribution in [1.29, 1.82) is 0 Å². The molecule has 8 aromatic rings. The zero-order valence-electron chi connectivity index (χ0n) is 18.3. The Kier molecular flexibility index (Phi) is 3.25. The number of thiophene rings is 3. The van der Waals surface area contributed by atoms with E-state index in [2.05, 4.69) is 57.5 Å². The lowest BCUT2D eigenvalue weighted by Gasteiger charge is -2.13. The molecule has 0 atom stereocenters. The number of benzene rings is 1. The second kappa shape index (κ2) is 5.85.